The molecule has 9 aromatic rings. The Morgan fingerprint density at radius 2 is 0.911 bits per heavy atom. The third kappa shape index (κ3) is 4.35. The van der Waals surface area contributed by atoms with Gasteiger partial charge in [0.25, 0.3) is 0 Å². The Balaban J connectivity index is 1.25. The molecule has 2 heterocycles. The van der Waals surface area contributed by atoms with Crippen molar-refractivity contribution in [3.63, 3.8) is 0 Å². The quantitative estimate of drug-likeness (QED) is 0.210. The molecular formula is C41H26N4. The smallest absolute Gasteiger partial charge is 0.164 e. The Hall–Kier alpha value is -6.13. The van der Waals surface area contributed by atoms with Gasteiger partial charge in [0.1, 0.15) is 0 Å². The van der Waals surface area contributed by atoms with Crippen LogP contribution in [-0.4, -0.2) is 19.5 Å². The second kappa shape index (κ2) is 10.2. The Bertz CT molecular complexity index is 2550. The van der Waals surface area contributed by atoms with Gasteiger partial charge < -0.3 is 4.57 Å². The van der Waals surface area contributed by atoms with Gasteiger partial charge in [-0.3, -0.25) is 0 Å². The fourth-order valence-corrected chi connectivity index (χ4v) is 6.40. The molecule has 45 heavy (non-hydrogen) atoms. The highest BCUT2D eigenvalue weighted by Crippen LogP contribution is 2.36. The van der Waals surface area contributed by atoms with Gasteiger partial charge in [-0.25, -0.2) is 15.0 Å². The van der Waals surface area contributed by atoms with Gasteiger partial charge in [-0.05, 0) is 57.9 Å². The highest BCUT2D eigenvalue weighted by atomic mass is 15.0. The summed E-state index contributed by atoms with van der Waals surface area (Å²) in [4.78, 5) is 15.0. The first-order valence-corrected chi connectivity index (χ1v) is 15.1. The number of aromatic nitrogens is 4. The normalized spacial score (nSPS) is 11.6. The molecule has 0 aliphatic rings. The number of nitrogens with zero attached hydrogens (tertiary/aromatic N) is 4. The van der Waals surface area contributed by atoms with E-state index in [4.69, 9.17) is 15.0 Å². The molecule has 0 spiro atoms. The van der Waals surface area contributed by atoms with E-state index in [9.17, 15) is 0 Å². The fourth-order valence-electron chi connectivity index (χ4n) is 6.40. The summed E-state index contributed by atoms with van der Waals surface area (Å²) in [7, 11) is 0. The third-order valence-electron chi connectivity index (χ3n) is 8.58. The molecule has 0 radical (unpaired) electrons. The largest absolute Gasteiger partial charge is 0.309 e. The zero-order chi connectivity index (χ0) is 29.7. The van der Waals surface area contributed by atoms with Crippen molar-refractivity contribution in [1.29, 1.82) is 0 Å². The van der Waals surface area contributed by atoms with Gasteiger partial charge in [-0.1, -0.05) is 121 Å². The maximum atomic E-state index is 5.06. The average molecular weight is 575 g/mol. The monoisotopic (exact) mass is 574 g/mol. The highest BCUT2D eigenvalue weighted by Gasteiger charge is 2.16. The van der Waals surface area contributed by atoms with E-state index in [0.29, 0.717) is 17.5 Å². The van der Waals surface area contributed by atoms with Crippen LogP contribution >= 0.6 is 0 Å². The predicted octanol–water partition coefficient (Wildman–Crippen LogP) is 10.3. The first-order valence-electron chi connectivity index (χ1n) is 15.1. The van der Waals surface area contributed by atoms with Crippen LogP contribution in [0.25, 0.3) is 83.2 Å². The van der Waals surface area contributed by atoms with Crippen LogP contribution in [-0.2, 0) is 0 Å². The van der Waals surface area contributed by atoms with Crippen LogP contribution in [0.3, 0.4) is 0 Å². The Kier molecular flexibility index (Phi) is 5.78. The molecule has 0 aliphatic heterocycles. The molecule has 0 atom stereocenters. The maximum absolute atomic E-state index is 5.06. The Labute approximate surface area is 259 Å². The topological polar surface area (TPSA) is 43.6 Å². The number of para-hydroxylation sites is 1. The van der Waals surface area contributed by atoms with Gasteiger partial charge in [0.2, 0.25) is 0 Å². The van der Waals surface area contributed by atoms with Crippen molar-refractivity contribution in [2.45, 2.75) is 0 Å². The summed E-state index contributed by atoms with van der Waals surface area (Å²) >= 11 is 0. The summed E-state index contributed by atoms with van der Waals surface area (Å²) in [6, 6.07) is 55.2. The first kappa shape index (κ1) is 25.4. The molecule has 2 aromatic heterocycles. The van der Waals surface area contributed by atoms with E-state index in [2.05, 4.69) is 132 Å². The van der Waals surface area contributed by atoms with Gasteiger partial charge in [0.05, 0.1) is 11.0 Å². The molecule has 210 valence electrons. The van der Waals surface area contributed by atoms with Gasteiger partial charge >= 0.3 is 0 Å². The van der Waals surface area contributed by atoms with E-state index >= 15 is 0 Å². The van der Waals surface area contributed by atoms with Crippen LogP contribution in [0, 0.1) is 0 Å². The second-order valence-electron chi connectivity index (χ2n) is 11.4. The van der Waals surface area contributed by atoms with Gasteiger partial charge in [0, 0.05) is 33.2 Å². The molecule has 4 nitrogen and oxygen atoms in total. The van der Waals surface area contributed by atoms with Crippen molar-refractivity contribution in [2.75, 3.05) is 0 Å². The molecule has 0 saturated heterocycles. The number of benzene rings is 7. The van der Waals surface area contributed by atoms with Crippen molar-refractivity contribution < 1.29 is 0 Å². The summed E-state index contributed by atoms with van der Waals surface area (Å²) in [5, 5.41) is 7.26. The zero-order valence-electron chi connectivity index (χ0n) is 24.3. The summed E-state index contributed by atoms with van der Waals surface area (Å²) in [6.45, 7) is 0. The molecule has 7 aromatic carbocycles. The number of rotatable bonds is 4. The minimum Gasteiger partial charge on any atom is -0.309 e. The summed E-state index contributed by atoms with van der Waals surface area (Å²) in [5.41, 5.74) is 6.24. The SMILES string of the molecule is c1ccc(-c2nc(-c3cccc(-n4c5ccccc5c5cc6ccccc6cc54)c3)nc(-c3ccc4ccccc4c3)n2)cc1. The number of fused-ring (bicyclic) bond motifs is 5. The van der Waals surface area contributed by atoms with Crippen LogP contribution in [0.15, 0.2) is 158 Å². The van der Waals surface area contributed by atoms with Gasteiger partial charge in [-0.15, -0.1) is 0 Å². The van der Waals surface area contributed by atoms with Crippen LogP contribution in [0.5, 0.6) is 0 Å². The number of hydrogen-bond acceptors (Lipinski definition) is 3. The van der Waals surface area contributed by atoms with Crippen LogP contribution in [0.1, 0.15) is 0 Å². The molecular weight excluding hydrogens is 548 g/mol. The summed E-state index contributed by atoms with van der Waals surface area (Å²) in [5.74, 6) is 1.94. The standard InChI is InChI=1S/C41H26N4/c1-2-12-28(13-3-1)39-42-40(44-41(43-39)33-22-21-27-11-4-5-14-29(27)23-33)32-17-10-18-34(24-32)45-37-20-9-8-19-35(37)36-25-30-15-6-7-16-31(30)26-38(36)45/h1-26H. The molecule has 0 unspecified atom stereocenters. The van der Waals surface area contributed by atoms with E-state index in [0.717, 1.165) is 33.3 Å². The molecule has 0 aliphatic carbocycles. The van der Waals surface area contributed by atoms with Crippen molar-refractivity contribution in [1.82, 2.24) is 19.5 Å². The maximum Gasteiger partial charge on any atom is 0.164 e. The zero-order valence-corrected chi connectivity index (χ0v) is 24.3. The molecule has 9 rings (SSSR count). The van der Waals surface area contributed by atoms with Crippen molar-refractivity contribution in [3.8, 4) is 39.9 Å². The van der Waals surface area contributed by atoms with Crippen molar-refractivity contribution >= 4 is 43.4 Å². The average Bonchev–Trinajstić information content (AvgIpc) is 3.43. The molecule has 0 N–H and O–H groups in total. The van der Waals surface area contributed by atoms with Crippen molar-refractivity contribution in [3.05, 3.63) is 158 Å². The van der Waals surface area contributed by atoms with Crippen LogP contribution in [0.2, 0.25) is 0 Å². The second-order valence-corrected chi connectivity index (χ2v) is 11.4. The van der Waals surface area contributed by atoms with E-state index in [-0.39, 0.29) is 0 Å². The van der Waals surface area contributed by atoms with Crippen LogP contribution in [0.4, 0.5) is 0 Å². The van der Waals surface area contributed by atoms with Gasteiger partial charge in [0.15, 0.2) is 17.5 Å². The lowest BCUT2D eigenvalue weighted by atomic mass is 10.1. The Morgan fingerprint density at radius 3 is 1.69 bits per heavy atom. The molecule has 4 heteroatoms. The molecule has 0 saturated carbocycles. The lowest BCUT2D eigenvalue weighted by molar-refractivity contribution is 1.07. The minimum atomic E-state index is 0.639. The number of hydrogen-bond donors (Lipinski definition) is 0. The Morgan fingerprint density at radius 1 is 0.333 bits per heavy atom. The molecule has 0 fully saturated rings. The molecule has 0 amide bonds. The third-order valence-corrected chi connectivity index (χ3v) is 8.58. The summed E-state index contributed by atoms with van der Waals surface area (Å²) < 4.78 is 2.35. The highest BCUT2D eigenvalue weighted by molar-refractivity contribution is 6.13. The predicted molar refractivity (Wildman–Crippen MR) is 185 cm³/mol. The summed E-state index contributed by atoms with van der Waals surface area (Å²) in [6.07, 6.45) is 0. The van der Waals surface area contributed by atoms with E-state index < -0.39 is 0 Å². The van der Waals surface area contributed by atoms with E-state index in [1.165, 1.54) is 32.4 Å². The lowest BCUT2D eigenvalue weighted by Gasteiger charge is -2.12. The van der Waals surface area contributed by atoms with E-state index in [1.54, 1.807) is 0 Å². The van der Waals surface area contributed by atoms with E-state index in [1.807, 2.05) is 30.3 Å². The van der Waals surface area contributed by atoms with Gasteiger partial charge in [-0.2, -0.15) is 0 Å². The van der Waals surface area contributed by atoms with Crippen LogP contribution < -0.4 is 0 Å². The minimum absolute atomic E-state index is 0.639. The lowest BCUT2D eigenvalue weighted by Crippen LogP contribution is -2.01. The molecule has 0 bridgehead atoms. The van der Waals surface area contributed by atoms with Crippen molar-refractivity contribution in [2.24, 2.45) is 0 Å². The first-order chi connectivity index (χ1) is 22.3. The fraction of sp³-hybridized carbons (Fsp3) is 0.